The summed E-state index contributed by atoms with van der Waals surface area (Å²) in [7, 11) is 0. The summed E-state index contributed by atoms with van der Waals surface area (Å²) in [4.78, 5) is 0. The number of alkyl halides is 3. The van der Waals surface area contributed by atoms with Crippen LogP contribution in [0.2, 0.25) is 0 Å². The number of aliphatic hydroxyl groups is 1. The zero-order valence-corrected chi connectivity index (χ0v) is 6.73. The fourth-order valence-corrected chi connectivity index (χ4v) is 0.537. The molecule has 0 fully saturated rings. The first-order chi connectivity index (χ1) is 5.48. The molecule has 0 spiro atoms. The minimum Gasteiger partial charge on any atom is -0.382 e. The molecule has 0 saturated heterocycles. The number of nitrogens with one attached hydrogen (secondary N) is 1. The van der Waals surface area contributed by atoms with Crippen molar-refractivity contribution in [3.63, 3.8) is 0 Å². The lowest BCUT2D eigenvalue weighted by atomic mass is 10.3. The second-order valence-corrected chi connectivity index (χ2v) is 2.28. The van der Waals surface area contributed by atoms with E-state index in [1.807, 2.05) is 0 Å². The number of aliphatic hydroxyl groups excluding tert-OH is 1. The molecule has 2 nitrogen and oxygen atoms in total. The number of hydrogen-bond donors (Lipinski definition) is 2. The number of hydrogen-bond acceptors (Lipinski definition) is 2. The summed E-state index contributed by atoms with van der Waals surface area (Å²) in [6.07, 6.45) is -3.42. The molecule has 0 heterocycles. The molecule has 0 radical (unpaired) electrons. The highest BCUT2D eigenvalue weighted by atomic mass is 19.4. The molecular weight excluding hydrogens is 171 g/mol. The Morgan fingerprint density at radius 2 is 2.08 bits per heavy atom. The number of halogens is 3. The molecule has 0 aliphatic rings. The van der Waals surface area contributed by atoms with E-state index in [1.54, 1.807) is 19.1 Å². The summed E-state index contributed by atoms with van der Waals surface area (Å²) >= 11 is 0. The summed E-state index contributed by atoms with van der Waals surface area (Å²) in [5, 5.41) is 10.9. The van der Waals surface area contributed by atoms with Crippen molar-refractivity contribution in [1.29, 1.82) is 0 Å². The van der Waals surface area contributed by atoms with Gasteiger partial charge in [-0.15, -0.1) is 0 Å². The summed E-state index contributed by atoms with van der Waals surface area (Å²) < 4.78 is 35.0. The highest BCUT2D eigenvalue weighted by molar-refractivity contribution is 4.80. The Balaban J connectivity index is 3.51. The minimum atomic E-state index is -4.52. The molecule has 0 bridgehead atoms. The highest BCUT2D eigenvalue weighted by Crippen LogP contribution is 2.18. The Morgan fingerprint density at radius 1 is 1.50 bits per heavy atom. The zero-order chi connectivity index (χ0) is 9.61. The Morgan fingerprint density at radius 3 is 2.50 bits per heavy atom. The van der Waals surface area contributed by atoms with Gasteiger partial charge in [-0.2, -0.15) is 13.2 Å². The smallest absolute Gasteiger partial charge is 0.382 e. The van der Waals surface area contributed by atoms with Crippen molar-refractivity contribution in [3.8, 4) is 0 Å². The molecule has 0 aromatic heterocycles. The molecule has 0 saturated carbocycles. The maximum Gasteiger partial charge on any atom is 0.415 e. The Labute approximate surface area is 69.1 Å². The Hall–Kier alpha value is -0.550. The van der Waals surface area contributed by atoms with Gasteiger partial charge in [-0.3, -0.25) is 0 Å². The standard InChI is InChI=1S/C7H12F3NO/c1-2-3-4-11-5-6(12)7(8,9)10/h2-3,6,11-12H,4-5H2,1H3/b3-2+. The van der Waals surface area contributed by atoms with E-state index in [4.69, 9.17) is 5.11 Å². The van der Waals surface area contributed by atoms with Gasteiger partial charge in [0.1, 0.15) is 0 Å². The molecular formula is C7H12F3NO. The topological polar surface area (TPSA) is 32.3 Å². The van der Waals surface area contributed by atoms with E-state index in [1.165, 1.54) is 0 Å². The zero-order valence-electron chi connectivity index (χ0n) is 6.73. The molecule has 12 heavy (non-hydrogen) atoms. The van der Waals surface area contributed by atoms with Crippen LogP contribution in [0.3, 0.4) is 0 Å². The molecule has 5 heteroatoms. The Bertz CT molecular complexity index is 144. The van der Waals surface area contributed by atoms with Crippen LogP contribution < -0.4 is 5.32 Å². The lowest BCUT2D eigenvalue weighted by Gasteiger charge is -2.13. The van der Waals surface area contributed by atoms with Crippen LogP contribution in [0.4, 0.5) is 13.2 Å². The highest BCUT2D eigenvalue weighted by Gasteiger charge is 2.37. The van der Waals surface area contributed by atoms with Gasteiger partial charge < -0.3 is 10.4 Å². The second-order valence-electron chi connectivity index (χ2n) is 2.28. The summed E-state index contributed by atoms with van der Waals surface area (Å²) in [6, 6.07) is 0. The molecule has 0 rings (SSSR count). The predicted octanol–water partition coefficient (Wildman–Crippen LogP) is 1.08. The van der Waals surface area contributed by atoms with Crippen molar-refractivity contribution in [1.82, 2.24) is 5.32 Å². The van der Waals surface area contributed by atoms with E-state index in [0.717, 1.165) is 0 Å². The first-order valence-corrected chi connectivity index (χ1v) is 3.55. The van der Waals surface area contributed by atoms with Crippen LogP contribution in [0.5, 0.6) is 0 Å². The van der Waals surface area contributed by atoms with E-state index in [2.05, 4.69) is 5.32 Å². The quantitative estimate of drug-likeness (QED) is 0.505. The molecule has 0 aromatic carbocycles. The third-order valence-electron chi connectivity index (χ3n) is 1.21. The van der Waals surface area contributed by atoms with Gasteiger partial charge in [0.15, 0.2) is 6.10 Å². The lowest BCUT2D eigenvalue weighted by Crippen LogP contribution is -2.38. The first-order valence-electron chi connectivity index (χ1n) is 3.55. The van der Waals surface area contributed by atoms with E-state index in [9.17, 15) is 13.2 Å². The average Bonchev–Trinajstić information content (AvgIpc) is 1.96. The first kappa shape index (κ1) is 11.4. The van der Waals surface area contributed by atoms with Crippen molar-refractivity contribution in [2.45, 2.75) is 19.2 Å². The lowest BCUT2D eigenvalue weighted by molar-refractivity contribution is -0.201. The van der Waals surface area contributed by atoms with Crippen LogP contribution in [0.1, 0.15) is 6.92 Å². The monoisotopic (exact) mass is 183 g/mol. The van der Waals surface area contributed by atoms with Crippen LogP contribution in [-0.4, -0.2) is 30.5 Å². The number of allylic oxidation sites excluding steroid dienone is 1. The van der Waals surface area contributed by atoms with Gasteiger partial charge in [0.2, 0.25) is 0 Å². The SMILES string of the molecule is C/C=C/CNCC(O)C(F)(F)F. The molecule has 0 amide bonds. The summed E-state index contributed by atoms with van der Waals surface area (Å²) in [5.41, 5.74) is 0. The van der Waals surface area contributed by atoms with Crippen molar-refractivity contribution >= 4 is 0 Å². The normalized spacial score (nSPS) is 15.4. The third-order valence-corrected chi connectivity index (χ3v) is 1.21. The van der Waals surface area contributed by atoms with E-state index in [0.29, 0.717) is 6.54 Å². The van der Waals surface area contributed by atoms with Crippen molar-refractivity contribution in [2.24, 2.45) is 0 Å². The summed E-state index contributed by atoms with van der Waals surface area (Å²) in [6.45, 7) is 1.64. The fraction of sp³-hybridized carbons (Fsp3) is 0.714. The van der Waals surface area contributed by atoms with Crippen LogP contribution in [-0.2, 0) is 0 Å². The van der Waals surface area contributed by atoms with Crippen molar-refractivity contribution in [2.75, 3.05) is 13.1 Å². The van der Waals surface area contributed by atoms with Gasteiger partial charge in [0, 0.05) is 13.1 Å². The van der Waals surface area contributed by atoms with Crippen LogP contribution in [0, 0.1) is 0 Å². The maximum atomic E-state index is 11.7. The van der Waals surface area contributed by atoms with E-state index in [-0.39, 0.29) is 0 Å². The number of rotatable bonds is 4. The van der Waals surface area contributed by atoms with E-state index >= 15 is 0 Å². The third kappa shape index (κ3) is 5.15. The largest absolute Gasteiger partial charge is 0.415 e. The van der Waals surface area contributed by atoms with Crippen molar-refractivity contribution in [3.05, 3.63) is 12.2 Å². The van der Waals surface area contributed by atoms with E-state index < -0.39 is 18.8 Å². The van der Waals surface area contributed by atoms with Crippen LogP contribution >= 0.6 is 0 Å². The van der Waals surface area contributed by atoms with Gasteiger partial charge >= 0.3 is 6.18 Å². The molecule has 2 N–H and O–H groups in total. The predicted molar refractivity (Wildman–Crippen MR) is 39.7 cm³/mol. The fourth-order valence-electron chi connectivity index (χ4n) is 0.537. The van der Waals surface area contributed by atoms with Crippen molar-refractivity contribution < 1.29 is 18.3 Å². The van der Waals surface area contributed by atoms with Crippen LogP contribution in [0.15, 0.2) is 12.2 Å². The average molecular weight is 183 g/mol. The van der Waals surface area contributed by atoms with Crippen LogP contribution in [0.25, 0.3) is 0 Å². The Kier molecular flexibility index (Phi) is 4.92. The molecule has 1 atom stereocenters. The second kappa shape index (κ2) is 5.16. The summed E-state index contributed by atoms with van der Waals surface area (Å²) in [5.74, 6) is 0. The van der Waals surface area contributed by atoms with Gasteiger partial charge in [-0.25, -0.2) is 0 Å². The molecule has 72 valence electrons. The van der Waals surface area contributed by atoms with Gasteiger partial charge in [-0.05, 0) is 6.92 Å². The van der Waals surface area contributed by atoms with Gasteiger partial charge in [-0.1, -0.05) is 12.2 Å². The van der Waals surface area contributed by atoms with Gasteiger partial charge in [0.05, 0.1) is 0 Å². The molecule has 1 unspecified atom stereocenters. The van der Waals surface area contributed by atoms with Gasteiger partial charge in [0.25, 0.3) is 0 Å². The molecule has 0 aliphatic heterocycles. The molecule has 0 aliphatic carbocycles. The minimum absolute atomic E-state index is 0.337. The maximum absolute atomic E-state index is 11.7. The molecule has 0 aromatic rings.